The van der Waals surface area contributed by atoms with Crippen molar-refractivity contribution in [1.82, 2.24) is 20.8 Å². The van der Waals surface area contributed by atoms with Crippen LogP contribution in [0.3, 0.4) is 0 Å². The van der Waals surface area contributed by atoms with Gasteiger partial charge in [-0.25, -0.2) is 0 Å². The van der Waals surface area contributed by atoms with Crippen LogP contribution >= 0.6 is 0 Å². The van der Waals surface area contributed by atoms with Gasteiger partial charge >= 0.3 is 0 Å². The minimum absolute atomic E-state index is 0.688. The van der Waals surface area contributed by atoms with E-state index in [1.807, 2.05) is 6.07 Å². The highest BCUT2D eigenvalue weighted by atomic mass is 15.1. The molecule has 2 fully saturated rings. The second-order valence-corrected chi connectivity index (χ2v) is 6.64. The Morgan fingerprint density at radius 1 is 1.09 bits per heavy atom. The first kappa shape index (κ1) is 14.0. The van der Waals surface area contributed by atoms with Gasteiger partial charge in [-0.05, 0) is 62.0 Å². The molecule has 0 unspecified atom stereocenters. The Bertz CT molecular complexity index is 584. The number of H-pyrrole nitrogens is 1. The largest absolute Gasteiger partial charge is 0.317 e. The highest BCUT2D eigenvalue weighted by Gasteiger charge is 2.38. The molecule has 1 aliphatic heterocycles. The van der Waals surface area contributed by atoms with Crippen molar-refractivity contribution in [1.29, 1.82) is 0 Å². The first-order valence-electron chi connectivity index (χ1n) is 8.44. The van der Waals surface area contributed by atoms with Crippen molar-refractivity contribution in [2.75, 3.05) is 19.6 Å². The van der Waals surface area contributed by atoms with Gasteiger partial charge in [0.25, 0.3) is 0 Å². The molecule has 1 aliphatic carbocycles. The third-order valence-corrected chi connectivity index (χ3v) is 5.07. The standard InChI is InChI=1S/C18H24N4/c1-3-15(17-7-10-21-22-17)4-2-14(1)16-11-18(16)20-12-13-5-8-19-9-6-13/h1-4,7,10,13,16,18-20H,5-6,8-9,11-12H2,(H,21,22)/t16-,18+/m0/s1. The summed E-state index contributed by atoms with van der Waals surface area (Å²) in [6, 6.07) is 11.6. The average Bonchev–Trinajstić information content (AvgIpc) is 3.15. The van der Waals surface area contributed by atoms with Crippen LogP contribution in [0.5, 0.6) is 0 Å². The third-order valence-electron chi connectivity index (χ3n) is 5.07. The first-order valence-corrected chi connectivity index (χ1v) is 8.44. The maximum Gasteiger partial charge on any atom is 0.0650 e. The molecular formula is C18H24N4. The van der Waals surface area contributed by atoms with Crippen LogP contribution in [0.1, 0.15) is 30.7 Å². The third kappa shape index (κ3) is 3.08. The SMILES string of the molecule is c1cc(-c2ccc([C@@H]3C[C@H]3NCC3CCNCC3)cc2)[nH]n1. The molecule has 1 aromatic carbocycles. The Morgan fingerprint density at radius 2 is 1.91 bits per heavy atom. The number of hydrogen-bond acceptors (Lipinski definition) is 3. The molecule has 1 saturated heterocycles. The van der Waals surface area contributed by atoms with Crippen molar-refractivity contribution < 1.29 is 0 Å². The summed E-state index contributed by atoms with van der Waals surface area (Å²) < 4.78 is 0. The number of hydrogen-bond donors (Lipinski definition) is 3. The summed E-state index contributed by atoms with van der Waals surface area (Å²) in [6.45, 7) is 3.57. The molecule has 1 saturated carbocycles. The van der Waals surface area contributed by atoms with Gasteiger partial charge in [0, 0.05) is 18.2 Å². The van der Waals surface area contributed by atoms with Crippen molar-refractivity contribution in [2.24, 2.45) is 5.92 Å². The zero-order valence-electron chi connectivity index (χ0n) is 12.9. The van der Waals surface area contributed by atoms with Gasteiger partial charge < -0.3 is 10.6 Å². The summed E-state index contributed by atoms with van der Waals surface area (Å²) >= 11 is 0. The molecule has 0 amide bonds. The average molecular weight is 296 g/mol. The molecule has 0 spiro atoms. The predicted octanol–water partition coefficient (Wildman–Crippen LogP) is 2.52. The van der Waals surface area contributed by atoms with Gasteiger partial charge in [-0.1, -0.05) is 24.3 Å². The normalized spacial score (nSPS) is 25.3. The van der Waals surface area contributed by atoms with Crippen LogP contribution in [-0.2, 0) is 0 Å². The fourth-order valence-corrected chi connectivity index (χ4v) is 3.52. The number of aromatic amines is 1. The van der Waals surface area contributed by atoms with Gasteiger partial charge in [0.15, 0.2) is 0 Å². The molecule has 4 rings (SSSR count). The Balaban J connectivity index is 1.30. The smallest absolute Gasteiger partial charge is 0.0650 e. The molecule has 4 nitrogen and oxygen atoms in total. The molecule has 22 heavy (non-hydrogen) atoms. The Kier molecular flexibility index (Phi) is 3.95. The van der Waals surface area contributed by atoms with Gasteiger partial charge in [-0.2, -0.15) is 5.10 Å². The number of rotatable bonds is 5. The Labute approximate surface area is 131 Å². The molecule has 2 heterocycles. The predicted molar refractivity (Wildman–Crippen MR) is 88.8 cm³/mol. The summed E-state index contributed by atoms with van der Waals surface area (Å²) in [5.74, 6) is 1.57. The molecule has 2 aromatic rings. The van der Waals surface area contributed by atoms with Gasteiger partial charge in [0.1, 0.15) is 0 Å². The molecule has 0 radical (unpaired) electrons. The first-order chi connectivity index (χ1) is 10.9. The van der Waals surface area contributed by atoms with E-state index in [2.05, 4.69) is 45.1 Å². The molecule has 1 aromatic heterocycles. The van der Waals surface area contributed by atoms with Crippen LogP contribution in [0.15, 0.2) is 36.5 Å². The van der Waals surface area contributed by atoms with Crippen LogP contribution in [0, 0.1) is 5.92 Å². The minimum atomic E-state index is 0.688. The van der Waals surface area contributed by atoms with E-state index in [4.69, 9.17) is 0 Å². The topological polar surface area (TPSA) is 52.7 Å². The summed E-state index contributed by atoms with van der Waals surface area (Å²) in [5.41, 5.74) is 3.76. The van der Waals surface area contributed by atoms with E-state index < -0.39 is 0 Å². The second kappa shape index (κ2) is 6.23. The molecule has 2 aliphatic rings. The zero-order valence-corrected chi connectivity index (χ0v) is 12.9. The highest BCUT2D eigenvalue weighted by molar-refractivity contribution is 5.59. The Hall–Kier alpha value is -1.65. The quantitative estimate of drug-likeness (QED) is 0.794. The van der Waals surface area contributed by atoms with Crippen LogP contribution in [0.25, 0.3) is 11.3 Å². The summed E-state index contributed by atoms with van der Waals surface area (Å²) in [6.07, 6.45) is 5.73. The number of nitrogens with zero attached hydrogens (tertiary/aromatic N) is 1. The maximum atomic E-state index is 4.01. The van der Waals surface area contributed by atoms with E-state index in [9.17, 15) is 0 Å². The molecule has 2 atom stereocenters. The van der Waals surface area contributed by atoms with E-state index in [1.54, 1.807) is 6.20 Å². The summed E-state index contributed by atoms with van der Waals surface area (Å²) in [7, 11) is 0. The number of aromatic nitrogens is 2. The monoisotopic (exact) mass is 296 g/mol. The van der Waals surface area contributed by atoms with E-state index >= 15 is 0 Å². The minimum Gasteiger partial charge on any atom is -0.317 e. The van der Waals surface area contributed by atoms with Crippen LogP contribution in [0.2, 0.25) is 0 Å². The lowest BCUT2D eigenvalue weighted by atomic mass is 9.98. The van der Waals surface area contributed by atoms with Crippen molar-refractivity contribution >= 4 is 0 Å². The molecule has 0 bridgehead atoms. The highest BCUT2D eigenvalue weighted by Crippen LogP contribution is 2.41. The lowest BCUT2D eigenvalue weighted by molar-refractivity contribution is 0.355. The van der Waals surface area contributed by atoms with E-state index in [0.29, 0.717) is 12.0 Å². The summed E-state index contributed by atoms with van der Waals surface area (Å²) in [5, 5.41) is 14.2. The van der Waals surface area contributed by atoms with Gasteiger partial charge in [0.05, 0.1) is 5.69 Å². The maximum absolute atomic E-state index is 4.01. The molecule has 3 N–H and O–H groups in total. The Morgan fingerprint density at radius 3 is 2.64 bits per heavy atom. The van der Waals surface area contributed by atoms with E-state index in [-0.39, 0.29) is 0 Å². The van der Waals surface area contributed by atoms with Crippen LogP contribution < -0.4 is 10.6 Å². The fourth-order valence-electron chi connectivity index (χ4n) is 3.52. The fraction of sp³-hybridized carbons (Fsp3) is 0.500. The van der Waals surface area contributed by atoms with E-state index in [1.165, 1.54) is 50.0 Å². The second-order valence-electron chi connectivity index (χ2n) is 6.64. The van der Waals surface area contributed by atoms with Crippen molar-refractivity contribution in [3.63, 3.8) is 0 Å². The van der Waals surface area contributed by atoms with Crippen molar-refractivity contribution in [3.05, 3.63) is 42.1 Å². The van der Waals surface area contributed by atoms with Gasteiger partial charge in [-0.15, -0.1) is 0 Å². The summed E-state index contributed by atoms with van der Waals surface area (Å²) in [4.78, 5) is 0. The number of piperidine rings is 1. The van der Waals surface area contributed by atoms with Gasteiger partial charge in [-0.3, -0.25) is 5.10 Å². The van der Waals surface area contributed by atoms with Crippen molar-refractivity contribution in [3.8, 4) is 11.3 Å². The molecule has 4 heteroatoms. The van der Waals surface area contributed by atoms with Crippen molar-refractivity contribution in [2.45, 2.75) is 31.2 Å². The number of benzene rings is 1. The lowest BCUT2D eigenvalue weighted by Crippen LogP contribution is -2.34. The van der Waals surface area contributed by atoms with Gasteiger partial charge in [0.2, 0.25) is 0 Å². The zero-order chi connectivity index (χ0) is 14.8. The number of nitrogens with one attached hydrogen (secondary N) is 3. The molecular weight excluding hydrogens is 272 g/mol. The van der Waals surface area contributed by atoms with Crippen LogP contribution in [0.4, 0.5) is 0 Å². The molecule has 116 valence electrons. The van der Waals surface area contributed by atoms with E-state index in [0.717, 1.165) is 11.6 Å². The lowest BCUT2D eigenvalue weighted by Gasteiger charge is -2.22. The van der Waals surface area contributed by atoms with Crippen LogP contribution in [-0.4, -0.2) is 35.9 Å².